The van der Waals surface area contributed by atoms with E-state index in [1.165, 1.54) is 41.6 Å². The van der Waals surface area contributed by atoms with E-state index in [1.807, 2.05) is 0 Å². The molecule has 1 fully saturated rings. The molecular weight excluding hydrogens is 601 g/mol. The summed E-state index contributed by atoms with van der Waals surface area (Å²) >= 11 is 1.25. The summed E-state index contributed by atoms with van der Waals surface area (Å²) in [5, 5.41) is 5.56. The van der Waals surface area contributed by atoms with Gasteiger partial charge in [-0.3, -0.25) is 14.5 Å². The van der Waals surface area contributed by atoms with Crippen LogP contribution in [0, 0.1) is 0 Å². The number of alkyl halides is 3. The number of para-hydroxylation sites is 1. The normalized spacial score (nSPS) is 15.0. The third-order valence-corrected chi connectivity index (χ3v) is 7.29. The lowest BCUT2D eigenvalue weighted by Crippen LogP contribution is -2.57. The van der Waals surface area contributed by atoms with Gasteiger partial charge in [0.25, 0.3) is 0 Å². The van der Waals surface area contributed by atoms with E-state index in [0.717, 1.165) is 16.8 Å². The number of hydrogen-bond acceptors (Lipinski definition) is 9. The van der Waals surface area contributed by atoms with Crippen LogP contribution in [0.25, 0.3) is 21.5 Å². The molecule has 15 heteroatoms. The summed E-state index contributed by atoms with van der Waals surface area (Å²) in [5.41, 5.74) is -1.12. The van der Waals surface area contributed by atoms with Crippen molar-refractivity contribution in [3.05, 3.63) is 54.4 Å². The standard InChI is InChI=1S/C29H27F3N6O5S/c1-15(39)35-26-37-24-21(6-5-7-22(24)44-26)42-23-13-18(33-14-34-23)17-9-8-16(29(30,31)32)12-19(17)36-25(40)20-10-11-38(20)27(41)43-28(2,3)4/h5-9,12-14,20H,10-11H2,1-4H3,(H,36,40)(H,35,37,39)/t20-/m0/s1. The largest absolute Gasteiger partial charge is 0.444 e. The molecule has 0 bridgehead atoms. The van der Waals surface area contributed by atoms with Crippen molar-refractivity contribution >= 4 is 50.3 Å². The molecule has 0 spiro atoms. The van der Waals surface area contributed by atoms with Crippen LogP contribution in [0.2, 0.25) is 0 Å². The number of carbonyl (C=O) groups excluding carboxylic acids is 3. The topological polar surface area (TPSA) is 136 Å². The smallest absolute Gasteiger partial charge is 0.416 e. The number of hydrogen-bond donors (Lipinski definition) is 2. The number of thiazole rings is 1. The Bertz CT molecular complexity index is 1750. The zero-order valence-corrected chi connectivity index (χ0v) is 24.8. The first kappa shape index (κ1) is 30.7. The predicted octanol–water partition coefficient (Wildman–Crippen LogP) is 6.47. The number of rotatable bonds is 6. The fraction of sp³-hybridized carbons (Fsp3) is 0.310. The number of nitrogens with one attached hydrogen (secondary N) is 2. The van der Waals surface area contributed by atoms with Gasteiger partial charge >= 0.3 is 12.3 Å². The monoisotopic (exact) mass is 628 g/mol. The number of nitrogens with zero attached hydrogens (tertiary/aromatic N) is 4. The number of amides is 3. The first-order valence-corrected chi connectivity index (χ1v) is 14.2. The van der Waals surface area contributed by atoms with E-state index in [4.69, 9.17) is 9.47 Å². The molecule has 4 aromatic rings. The molecule has 1 atom stereocenters. The maximum absolute atomic E-state index is 13.7. The molecule has 0 unspecified atom stereocenters. The van der Waals surface area contributed by atoms with Gasteiger partial charge < -0.3 is 20.1 Å². The Morgan fingerprint density at radius 3 is 2.48 bits per heavy atom. The van der Waals surface area contributed by atoms with Gasteiger partial charge in [0.05, 0.1) is 21.6 Å². The molecule has 44 heavy (non-hydrogen) atoms. The highest BCUT2D eigenvalue weighted by molar-refractivity contribution is 7.22. The zero-order valence-electron chi connectivity index (χ0n) is 24.0. The second-order valence-corrected chi connectivity index (χ2v) is 11.9. The van der Waals surface area contributed by atoms with E-state index in [-0.39, 0.29) is 35.3 Å². The molecule has 0 radical (unpaired) electrons. The van der Waals surface area contributed by atoms with Gasteiger partial charge in [0.15, 0.2) is 10.9 Å². The fourth-order valence-electron chi connectivity index (χ4n) is 4.33. The molecule has 3 amide bonds. The van der Waals surface area contributed by atoms with E-state index in [1.54, 1.807) is 39.0 Å². The van der Waals surface area contributed by atoms with Crippen LogP contribution in [-0.2, 0) is 20.5 Å². The van der Waals surface area contributed by atoms with Crippen molar-refractivity contribution in [1.82, 2.24) is 19.9 Å². The molecule has 2 aromatic carbocycles. The number of fused-ring (bicyclic) bond motifs is 1. The number of anilines is 2. The number of ether oxygens (including phenoxy) is 2. The van der Waals surface area contributed by atoms with E-state index < -0.39 is 35.4 Å². The van der Waals surface area contributed by atoms with Gasteiger partial charge in [0.1, 0.15) is 23.5 Å². The van der Waals surface area contributed by atoms with Crippen LogP contribution in [0.15, 0.2) is 48.8 Å². The van der Waals surface area contributed by atoms with Gasteiger partial charge in [-0.05, 0) is 51.5 Å². The number of likely N-dealkylation sites (tertiary alicyclic amines) is 1. The van der Waals surface area contributed by atoms with Crippen LogP contribution in [0.5, 0.6) is 11.6 Å². The third-order valence-electron chi connectivity index (χ3n) is 6.35. The van der Waals surface area contributed by atoms with Crippen LogP contribution in [0.3, 0.4) is 0 Å². The highest BCUT2D eigenvalue weighted by Crippen LogP contribution is 2.38. The third kappa shape index (κ3) is 6.88. The predicted molar refractivity (Wildman–Crippen MR) is 156 cm³/mol. The Kier molecular flexibility index (Phi) is 8.16. The van der Waals surface area contributed by atoms with E-state index in [2.05, 4.69) is 25.6 Å². The summed E-state index contributed by atoms with van der Waals surface area (Å²) in [7, 11) is 0. The van der Waals surface area contributed by atoms with Crippen molar-refractivity contribution in [1.29, 1.82) is 0 Å². The average molecular weight is 629 g/mol. The van der Waals surface area contributed by atoms with Crippen molar-refractivity contribution in [2.75, 3.05) is 17.2 Å². The van der Waals surface area contributed by atoms with Crippen molar-refractivity contribution in [2.45, 2.75) is 51.9 Å². The van der Waals surface area contributed by atoms with Gasteiger partial charge in [-0.1, -0.05) is 23.5 Å². The molecule has 0 saturated carbocycles. The molecule has 1 saturated heterocycles. The second-order valence-electron chi connectivity index (χ2n) is 10.9. The van der Waals surface area contributed by atoms with Crippen LogP contribution >= 0.6 is 11.3 Å². The summed E-state index contributed by atoms with van der Waals surface area (Å²) in [6, 6.07) is 8.57. The molecule has 1 aliphatic heterocycles. The van der Waals surface area contributed by atoms with Crippen molar-refractivity contribution in [3.63, 3.8) is 0 Å². The Morgan fingerprint density at radius 2 is 1.82 bits per heavy atom. The van der Waals surface area contributed by atoms with Crippen molar-refractivity contribution in [2.24, 2.45) is 0 Å². The van der Waals surface area contributed by atoms with E-state index >= 15 is 0 Å². The lowest BCUT2D eigenvalue weighted by molar-refractivity contribution is -0.137. The number of benzene rings is 2. The van der Waals surface area contributed by atoms with E-state index in [9.17, 15) is 27.6 Å². The zero-order chi connectivity index (χ0) is 31.8. The van der Waals surface area contributed by atoms with Crippen LogP contribution in [0.4, 0.5) is 28.8 Å². The molecular formula is C29H27F3N6O5S. The Morgan fingerprint density at radius 1 is 1.05 bits per heavy atom. The van der Waals surface area contributed by atoms with Gasteiger partial charge in [-0.25, -0.2) is 19.7 Å². The van der Waals surface area contributed by atoms with Gasteiger partial charge in [-0.15, -0.1) is 0 Å². The molecule has 1 aliphatic rings. The Balaban J connectivity index is 1.43. The summed E-state index contributed by atoms with van der Waals surface area (Å²) < 4.78 is 53.0. The number of aromatic nitrogens is 3. The van der Waals surface area contributed by atoms with Crippen molar-refractivity contribution in [3.8, 4) is 22.9 Å². The molecule has 0 aliphatic carbocycles. The lowest BCUT2D eigenvalue weighted by atomic mass is 10.0. The molecule has 11 nitrogen and oxygen atoms in total. The van der Waals surface area contributed by atoms with E-state index in [0.29, 0.717) is 22.8 Å². The quantitative estimate of drug-likeness (QED) is 0.248. The maximum Gasteiger partial charge on any atom is 0.416 e. The van der Waals surface area contributed by atoms with Gasteiger partial charge in [0.2, 0.25) is 17.7 Å². The maximum atomic E-state index is 13.7. The number of carbonyl (C=O) groups is 3. The fourth-order valence-corrected chi connectivity index (χ4v) is 5.26. The molecule has 2 aromatic heterocycles. The van der Waals surface area contributed by atoms with Crippen molar-refractivity contribution < 1.29 is 37.0 Å². The summed E-state index contributed by atoms with van der Waals surface area (Å²) in [5.74, 6) is -0.559. The Hall–Kier alpha value is -4.79. The number of halogens is 3. The Labute approximate surface area is 253 Å². The lowest BCUT2D eigenvalue weighted by Gasteiger charge is -2.40. The van der Waals surface area contributed by atoms with Crippen LogP contribution in [-0.4, -0.2) is 55.9 Å². The minimum Gasteiger partial charge on any atom is -0.444 e. The first-order chi connectivity index (χ1) is 20.7. The van der Waals surface area contributed by atoms with Crippen LogP contribution in [0.1, 0.15) is 39.7 Å². The minimum absolute atomic E-state index is 0.0591. The molecule has 3 heterocycles. The van der Waals surface area contributed by atoms with Crippen LogP contribution < -0.4 is 15.4 Å². The van der Waals surface area contributed by atoms with Gasteiger partial charge in [-0.2, -0.15) is 13.2 Å². The average Bonchev–Trinajstić information content (AvgIpc) is 3.29. The summed E-state index contributed by atoms with van der Waals surface area (Å²) in [6.07, 6.45) is -3.88. The molecule has 5 rings (SSSR count). The SMILES string of the molecule is CC(=O)Nc1nc2c(Oc3cc(-c4ccc(C(F)(F)F)cc4NC(=O)[C@@H]4CCN4C(=O)OC(C)(C)C)ncn3)cccc2s1. The van der Waals surface area contributed by atoms with Gasteiger partial charge in [0, 0.05) is 25.1 Å². The second kappa shape index (κ2) is 11.7. The first-order valence-electron chi connectivity index (χ1n) is 13.4. The highest BCUT2D eigenvalue weighted by Gasteiger charge is 2.40. The summed E-state index contributed by atoms with van der Waals surface area (Å²) in [6.45, 7) is 6.71. The molecule has 2 N–H and O–H groups in total. The summed E-state index contributed by atoms with van der Waals surface area (Å²) in [4.78, 5) is 51.1. The minimum atomic E-state index is -4.68. The highest BCUT2D eigenvalue weighted by atomic mass is 32.1. The molecule has 230 valence electrons.